The zero-order valence-electron chi connectivity index (χ0n) is 19.8. The summed E-state index contributed by atoms with van der Waals surface area (Å²) in [6, 6.07) is 19.1. The van der Waals surface area contributed by atoms with Gasteiger partial charge in [-0.05, 0) is 61.0 Å². The number of hydrogen-bond acceptors (Lipinski definition) is 5. The molecule has 0 saturated carbocycles. The van der Waals surface area contributed by atoms with Crippen LogP contribution < -0.4 is 5.32 Å². The van der Waals surface area contributed by atoms with Gasteiger partial charge in [0.1, 0.15) is 0 Å². The molecule has 8 heteroatoms. The van der Waals surface area contributed by atoms with Crippen LogP contribution in [0.5, 0.6) is 0 Å². The Morgan fingerprint density at radius 2 is 1.76 bits per heavy atom. The highest BCUT2D eigenvalue weighted by Gasteiger charge is 2.28. The maximum absolute atomic E-state index is 13.1. The molecule has 3 aromatic rings. The molecule has 1 fully saturated rings. The van der Waals surface area contributed by atoms with Crippen LogP contribution in [0.1, 0.15) is 18.1 Å². The molecule has 1 unspecified atom stereocenters. The number of likely N-dealkylation sites (N-methyl/N-ethyl adjacent to an activating group) is 1. The van der Waals surface area contributed by atoms with Crippen molar-refractivity contribution in [3.8, 4) is 0 Å². The molecule has 1 atom stereocenters. The van der Waals surface area contributed by atoms with E-state index in [0.717, 1.165) is 5.56 Å². The minimum absolute atomic E-state index is 0.193. The zero-order chi connectivity index (χ0) is 24.3. The standard InChI is InChI=1S/C26H31N3O4S/c1-19-8-11-24(17-25(19)34(31,32)29-12-14-33-15-13-29)27-26(30)20(2)28(3)18-21-9-10-22-6-4-5-7-23(22)16-21/h4-11,16-17,20H,12-15,18H2,1-3H3,(H,27,30). The largest absolute Gasteiger partial charge is 0.379 e. The summed E-state index contributed by atoms with van der Waals surface area (Å²) in [5.74, 6) is -0.193. The quantitative estimate of drug-likeness (QED) is 0.558. The second kappa shape index (κ2) is 10.2. The van der Waals surface area contributed by atoms with E-state index in [1.807, 2.05) is 31.0 Å². The van der Waals surface area contributed by atoms with Gasteiger partial charge in [0, 0.05) is 25.3 Å². The summed E-state index contributed by atoms with van der Waals surface area (Å²) < 4.78 is 33.0. The maximum atomic E-state index is 13.1. The van der Waals surface area contributed by atoms with Gasteiger partial charge in [-0.1, -0.05) is 42.5 Å². The molecule has 1 heterocycles. The Labute approximate surface area is 201 Å². The van der Waals surface area contributed by atoms with Crippen molar-refractivity contribution in [1.82, 2.24) is 9.21 Å². The Balaban J connectivity index is 1.45. The number of anilines is 1. The molecule has 3 aromatic carbocycles. The zero-order valence-corrected chi connectivity index (χ0v) is 20.6. The van der Waals surface area contributed by atoms with Crippen LogP contribution in [0.3, 0.4) is 0 Å². The molecule has 4 rings (SSSR count). The van der Waals surface area contributed by atoms with Crippen molar-refractivity contribution in [3.05, 3.63) is 71.8 Å². The second-order valence-electron chi connectivity index (χ2n) is 8.76. The van der Waals surface area contributed by atoms with Crippen molar-refractivity contribution in [1.29, 1.82) is 0 Å². The lowest BCUT2D eigenvalue weighted by Gasteiger charge is -2.27. The van der Waals surface area contributed by atoms with Gasteiger partial charge >= 0.3 is 0 Å². The van der Waals surface area contributed by atoms with E-state index in [1.54, 1.807) is 25.1 Å². The first kappa shape index (κ1) is 24.3. The Morgan fingerprint density at radius 3 is 2.50 bits per heavy atom. The molecule has 0 aliphatic carbocycles. The number of carbonyl (C=O) groups excluding carboxylic acids is 1. The number of ether oxygens (including phenoxy) is 1. The number of sulfonamides is 1. The van der Waals surface area contributed by atoms with Crippen LogP contribution in [0.25, 0.3) is 10.8 Å². The SMILES string of the molecule is Cc1ccc(NC(=O)C(C)N(C)Cc2ccc3ccccc3c2)cc1S(=O)(=O)N1CCOCC1. The number of benzene rings is 3. The molecule has 180 valence electrons. The Kier molecular flexibility index (Phi) is 7.33. The van der Waals surface area contributed by atoms with Crippen molar-refractivity contribution in [2.24, 2.45) is 0 Å². The van der Waals surface area contributed by atoms with Crippen molar-refractivity contribution in [2.45, 2.75) is 31.3 Å². The number of amides is 1. The predicted molar refractivity (Wildman–Crippen MR) is 134 cm³/mol. The lowest BCUT2D eigenvalue weighted by atomic mass is 10.1. The van der Waals surface area contributed by atoms with Crippen LogP contribution in [0.15, 0.2) is 65.6 Å². The highest BCUT2D eigenvalue weighted by molar-refractivity contribution is 7.89. The van der Waals surface area contributed by atoms with E-state index in [9.17, 15) is 13.2 Å². The monoisotopic (exact) mass is 481 g/mol. The minimum Gasteiger partial charge on any atom is -0.379 e. The van der Waals surface area contributed by atoms with Gasteiger partial charge in [0.25, 0.3) is 0 Å². The topological polar surface area (TPSA) is 79.0 Å². The third kappa shape index (κ3) is 5.31. The first-order valence-electron chi connectivity index (χ1n) is 11.4. The number of hydrogen-bond donors (Lipinski definition) is 1. The number of carbonyl (C=O) groups is 1. The van der Waals surface area contributed by atoms with Gasteiger partial charge < -0.3 is 10.1 Å². The van der Waals surface area contributed by atoms with E-state index in [-0.39, 0.29) is 10.8 Å². The second-order valence-corrected chi connectivity index (χ2v) is 10.7. The van der Waals surface area contributed by atoms with Gasteiger partial charge in [-0.3, -0.25) is 9.69 Å². The first-order chi connectivity index (χ1) is 16.3. The van der Waals surface area contributed by atoms with E-state index < -0.39 is 16.1 Å². The third-order valence-electron chi connectivity index (χ3n) is 6.33. The fourth-order valence-electron chi connectivity index (χ4n) is 4.09. The number of nitrogens with zero attached hydrogens (tertiary/aromatic N) is 2. The lowest BCUT2D eigenvalue weighted by molar-refractivity contribution is -0.120. The lowest BCUT2D eigenvalue weighted by Crippen LogP contribution is -2.41. The Bertz CT molecular complexity index is 1290. The summed E-state index contributed by atoms with van der Waals surface area (Å²) in [6.07, 6.45) is 0. The highest BCUT2D eigenvalue weighted by atomic mass is 32.2. The maximum Gasteiger partial charge on any atom is 0.243 e. The third-order valence-corrected chi connectivity index (χ3v) is 8.37. The summed E-state index contributed by atoms with van der Waals surface area (Å²) in [5, 5.41) is 5.24. The molecule has 0 bridgehead atoms. The molecule has 1 aliphatic heterocycles. The summed E-state index contributed by atoms with van der Waals surface area (Å²) in [6.45, 7) is 5.65. The number of aryl methyl sites for hydroxylation is 1. The predicted octanol–water partition coefficient (Wildman–Crippen LogP) is 3.63. The van der Waals surface area contributed by atoms with E-state index in [4.69, 9.17) is 4.74 Å². The fourth-order valence-corrected chi connectivity index (χ4v) is 5.75. The summed E-state index contributed by atoms with van der Waals surface area (Å²) in [4.78, 5) is 15.2. The number of rotatable bonds is 7. The molecule has 0 aromatic heterocycles. The molecule has 1 aliphatic rings. The van der Waals surface area contributed by atoms with E-state index in [2.05, 4.69) is 35.6 Å². The van der Waals surface area contributed by atoms with Crippen LogP contribution in [0.4, 0.5) is 5.69 Å². The molecular weight excluding hydrogens is 450 g/mol. The first-order valence-corrected chi connectivity index (χ1v) is 12.9. The van der Waals surface area contributed by atoms with Crippen molar-refractivity contribution < 1.29 is 17.9 Å². The van der Waals surface area contributed by atoms with Crippen LogP contribution in [-0.4, -0.2) is 62.9 Å². The van der Waals surface area contributed by atoms with Gasteiger partial charge in [0.15, 0.2) is 0 Å². The van der Waals surface area contributed by atoms with Gasteiger partial charge in [0.2, 0.25) is 15.9 Å². The average molecular weight is 482 g/mol. The summed E-state index contributed by atoms with van der Waals surface area (Å²) in [5.41, 5.74) is 2.23. The molecule has 1 saturated heterocycles. The smallest absolute Gasteiger partial charge is 0.243 e. The molecular formula is C26H31N3O4S. The van der Waals surface area contributed by atoms with E-state index in [0.29, 0.717) is 44.1 Å². The minimum atomic E-state index is -3.65. The Morgan fingerprint density at radius 1 is 1.06 bits per heavy atom. The average Bonchev–Trinajstić information content (AvgIpc) is 2.85. The van der Waals surface area contributed by atoms with E-state index in [1.165, 1.54) is 15.1 Å². The van der Waals surface area contributed by atoms with Gasteiger partial charge in [-0.25, -0.2) is 8.42 Å². The highest BCUT2D eigenvalue weighted by Crippen LogP contribution is 2.25. The molecule has 1 N–H and O–H groups in total. The van der Waals surface area contributed by atoms with Gasteiger partial charge in [-0.15, -0.1) is 0 Å². The Hall–Kier alpha value is -2.78. The van der Waals surface area contributed by atoms with Crippen LogP contribution >= 0.6 is 0 Å². The molecule has 0 radical (unpaired) electrons. The summed E-state index contributed by atoms with van der Waals surface area (Å²) in [7, 11) is -1.75. The van der Waals surface area contributed by atoms with Crippen LogP contribution in [0.2, 0.25) is 0 Å². The normalized spacial score (nSPS) is 16.0. The van der Waals surface area contributed by atoms with Gasteiger partial charge in [-0.2, -0.15) is 4.31 Å². The van der Waals surface area contributed by atoms with Crippen LogP contribution in [-0.2, 0) is 26.1 Å². The van der Waals surface area contributed by atoms with E-state index >= 15 is 0 Å². The number of morpholine rings is 1. The fraction of sp³-hybridized carbons (Fsp3) is 0.346. The van der Waals surface area contributed by atoms with Crippen molar-refractivity contribution in [3.63, 3.8) is 0 Å². The van der Waals surface area contributed by atoms with Gasteiger partial charge in [0.05, 0.1) is 24.2 Å². The number of nitrogens with one attached hydrogen (secondary N) is 1. The molecule has 0 spiro atoms. The molecule has 7 nitrogen and oxygen atoms in total. The van der Waals surface area contributed by atoms with Crippen LogP contribution in [0, 0.1) is 6.92 Å². The molecule has 1 amide bonds. The number of fused-ring (bicyclic) bond motifs is 1. The summed E-state index contributed by atoms with van der Waals surface area (Å²) >= 11 is 0. The van der Waals surface area contributed by atoms with Crippen molar-refractivity contribution in [2.75, 3.05) is 38.7 Å². The van der Waals surface area contributed by atoms with Crippen molar-refractivity contribution >= 4 is 32.4 Å². The molecule has 34 heavy (non-hydrogen) atoms.